The molecule has 0 unspecified atom stereocenters. The van der Waals surface area contributed by atoms with Crippen molar-refractivity contribution >= 4 is 15.9 Å². The van der Waals surface area contributed by atoms with Crippen molar-refractivity contribution in [2.45, 2.75) is 32.1 Å². The van der Waals surface area contributed by atoms with Gasteiger partial charge in [0.1, 0.15) is 0 Å². The van der Waals surface area contributed by atoms with Crippen LogP contribution < -0.4 is 5.32 Å². The lowest BCUT2D eigenvalue weighted by molar-refractivity contribution is -0.121. The van der Waals surface area contributed by atoms with Gasteiger partial charge in [0, 0.05) is 13.1 Å². The Kier molecular flexibility index (Phi) is 6.95. The number of hydrogen-bond acceptors (Lipinski definition) is 3. The van der Waals surface area contributed by atoms with E-state index in [1.807, 2.05) is 0 Å². The smallest absolute Gasteiger partial charge is 0.235 e. The van der Waals surface area contributed by atoms with Gasteiger partial charge in [-0.15, -0.1) is 6.58 Å². The van der Waals surface area contributed by atoms with Gasteiger partial charge < -0.3 is 5.32 Å². The van der Waals surface area contributed by atoms with Crippen LogP contribution in [-0.2, 0) is 14.8 Å². The fraction of sp³-hybridized carbons (Fsp3) is 0.643. The molecule has 0 aromatic rings. The number of nitrogens with zero attached hydrogens (tertiary/aromatic N) is 1. The summed E-state index contributed by atoms with van der Waals surface area (Å²) in [6.45, 7) is 4.09. The molecule has 1 amide bonds. The molecule has 0 saturated carbocycles. The average Bonchev–Trinajstić information content (AvgIpc) is 2.41. The summed E-state index contributed by atoms with van der Waals surface area (Å²) in [4.78, 5) is 11.6. The molecule has 1 aliphatic rings. The standard InChI is InChI=1S/C14H24N2O3S/c1-3-10-15-14(17)12-16(20(2,18)19)11-9-13-7-5-4-6-8-13/h3,7H,1,4-6,8-12H2,2H3,(H,15,17). The van der Waals surface area contributed by atoms with Gasteiger partial charge in [-0.2, -0.15) is 4.31 Å². The Hall–Kier alpha value is -1.14. The number of allylic oxidation sites excluding steroid dienone is 1. The Morgan fingerprint density at radius 2 is 2.25 bits per heavy atom. The Balaban J connectivity index is 2.54. The van der Waals surface area contributed by atoms with Crippen LogP contribution in [0.3, 0.4) is 0 Å². The van der Waals surface area contributed by atoms with E-state index in [1.165, 1.54) is 22.7 Å². The molecule has 1 N–H and O–H groups in total. The van der Waals surface area contributed by atoms with Crippen LogP contribution in [0.4, 0.5) is 0 Å². The molecule has 0 radical (unpaired) electrons. The molecule has 0 atom stereocenters. The van der Waals surface area contributed by atoms with E-state index in [9.17, 15) is 13.2 Å². The maximum atomic E-state index is 11.7. The topological polar surface area (TPSA) is 66.5 Å². The molecular formula is C14H24N2O3S. The third-order valence-electron chi connectivity index (χ3n) is 3.30. The zero-order chi connectivity index (χ0) is 15.0. The second-order valence-electron chi connectivity index (χ2n) is 5.05. The molecule has 1 aliphatic carbocycles. The van der Waals surface area contributed by atoms with Crippen molar-refractivity contribution in [3.63, 3.8) is 0 Å². The number of amides is 1. The van der Waals surface area contributed by atoms with Crippen molar-refractivity contribution < 1.29 is 13.2 Å². The van der Waals surface area contributed by atoms with Crippen molar-refractivity contribution in [2.24, 2.45) is 0 Å². The maximum absolute atomic E-state index is 11.7. The summed E-state index contributed by atoms with van der Waals surface area (Å²) >= 11 is 0. The summed E-state index contributed by atoms with van der Waals surface area (Å²) in [7, 11) is -3.37. The molecular weight excluding hydrogens is 276 g/mol. The molecule has 0 aliphatic heterocycles. The summed E-state index contributed by atoms with van der Waals surface area (Å²) in [5.41, 5.74) is 1.30. The van der Waals surface area contributed by atoms with Crippen LogP contribution in [0.15, 0.2) is 24.3 Å². The molecule has 0 heterocycles. The largest absolute Gasteiger partial charge is 0.351 e. The lowest BCUT2D eigenvalue weighted by Gasteiger charge is -2.21. The van der Waals surface area contributed by atoms with Crippen molar-refractivity contribution in [3.05, 3.63) is 24.3 Å². The Morgan fingerprint density at radius 1 is 1.50 bits per heavy atom. The summed E-state index contributed by atoms with van der Waals surface area (Å²) in [5, 5.41) is 2.60. The van der Waals surface area contributed by atoms with Gasteiger partial charge in [0.05, 0.1) is 12.8 Å². The van der Waals surface area contributed by atoms with Gasteiger partial charge in [0.15, 0.2) is 0 Å². The van der Waals surface area contributed by atoms with Crippen LogP contribution in [0.5, 0.6) is 0 Å². The third kappa shape index (κ3) is 6.34. The molecule has 6 heteroatoms. The zero-order valence-corrected chi connectivity index (χ0v) is 12.9. The molecule has 20 heavy (non-hydrogen) atoms. The predicted octanol–water partition coefficient (Wildman–Crippen LogP) is 1.44. The minimum Gasteiger partial charge on any atom is -0.351 e. The molecule has 0 aromatic heterocycles. The molecule has 5 nitrogen and oxygen atoms in total. The monoisotopic (exact) mass is 300 g/mol. The van der Waals surface area contributed by atoms with Crippen LogP contribution in [0, 0.1) is 0 Å². The fourth-order valence-corrected chi connectivity index (χ4v) is 2.94. The highest BCUT2D eigenvalue weighted by atomic mass is 32.2. The van der Waals surface area contributed by atoms with E-state index >= 15 is 0 Å². The first-order valence-corrected chi connectivity index (χ1v) is 8.79. The molecule has 114 valence electrons. The molecule has 0 bridgehead atoms. The Bertz CT molecular complexity index is 469. The number of sulfonamides is 1. The second kappa shape index (κ2) is 8.21. The highest BCUT2D eigenvalue weighted by Crippen LogP contribution is 2.20. The highest BCUT2D eigenvalue weighted by molar-refractivity contribution is 7.88. The predicted molar refractivity (Wildman–Crippen MR) is 80.8 cm³/mol. The number of carbonyl (C=O) groups excluding carboxylic acids is 1. The zero-order valence-electron chi connectivity index (χ0n) is 12.1. The van der Waals surface area contributed by atoms with Gasteiger partial charge in [0.25, 0.3) is 0 Å². The number of rotatable bonds is 8. The Morgan fingerprint density at radius 3 is 2.80 bits per heavy atom. The van der Waals surface area contributed by atoms with E-state index in [4.69, 9.17) is 0 Å². The van der Waals surface area contributed by atoms with Crippen LogP contribution in [-0.4, -0.2) is 44.5 Å². The molecule has 0 aromatic carbocycles. The van der Waals surface area contributed by atoms with Gasteiger partial charge in [0.2, 0.25) is 15.9 Å². The lowest BCUT2D eigenvalue weighted by atomic mass is 9.97. The molecule has 0 fully saturated rings. The quantitative estimate of drug-likeness (QED) is 0.690. The van der Waals surface area contributed by atoms with Gasteiger partial charge >= 0.3 is 0 Å². The van der Waals surface area contributed by atoms with E-state index in [0.717, 1.165) is 19.1 Å². The first kappa shape index (κ1) is 16.9. The van der Waals surface area contributed by atoms with E-state index < -0.39 is 10.0 Å². The van der Waals surface area contributed by atoms with Crippen LogP contribution in [0.1, 0.15) is 32.1 Å². The van der Waals surface area contributed by atoms with Crippen molar-refractivity contribution in [1.82, 2.24) is 9.62 Å². The van der Waals surface area contributed by atoms with E-state index in [0.29, 0.717) is 19.5 Å². The fourth-order valence-electron chi connectivity index (χ4n) is 2.16. The summed E-state index contributed by atoms with van der Waals surface area (Å²) in [6.07, 6.45) is 10.1. The van der Waals surface area contributed by atoms with E-state index in [1.54, 1.807) is 6.08 Å². The van der Waals surface area contributed by atoms with Gasteiger partial charge in [-0.1, -0.05) is 17.7 Å². The average molecular weight is 300 g/mol. The SMILES string of the molecule is C=CCNC(=O)CN(CCC1=CCCCC1)S(C)(=O)=O. The molecule has 0 saturated heterocycles. The van der Waals surface area contributed by atoms with Crippen molar-refractivity contribution in [1.29, 1.82) is 0 Å². The normalized spacial score (nSPS) is 15.8. The Labute approximate surface area is 121 Å². The molecule has 0 spiro atoms. The van der Waals surface area contributed by atoms with Crippen LogP contribution >= 0.6 is 0 Å². The van der Waals surface area contributed by atoms with Crippen molar-refractivity contribution in [3.8, 4) is 0 Å². The first-order valence-electron chi connectivity index (χ1n) is 6.94. The van der Waals surface area contributed by atoms with Crippen molar-refractivity contribution in [2.75, 3.05) is 25.9 Å². The third-order valence-corrected chi connectivity index (χ3v) is 4.55. The first-order chi connectivity index (χ1) is 9.43. The number of hydrogen-bond donors (Lipinski definition) is 1. The van der Waals surface area contributed by atoms with Gasteiger partial charge in [-0.05, 0) is 32.1 Å². The minimum absolute atomic E-state index is 0.125. The second-order valence-corrected chi connectivity index (χ2v) is 7.03. The number of carbonyl (C=O) groups is 1. The summed E-state index contributed by atoms with van der Waals surface area (Å²) in [6, 6.07) is 0. The van der Waals surface area contributed by atoms with E-state index in [2.05, 4.69) is 18.0 Å². The van der Waals surface area contributed by atoms with Gasteiger partial charge in [-0.3, -0.25) is 4.79 Å². The highest BCUT2D eigenvalue weighted by Gasteiger charge is 2.20. The molecule has 1 rings (SSSR count). The van der Waals surface area contributed by atoms with Crippen LogP contribution in [0.25, 0.3) is 0 Å². The summed E-state index contributed by atoms with van der Waals surface area (Å²) < 4.78 is 24.7. The minimum atomic E-state index is -3.37. The van der Waals surface area contributed by atoms with Crippen LogP contribution in [0.2, 0.25) is 0 Å². The van der Waals surface area contributed by atoms with Gasteiger partial charge in [-0.25, -0.2) is 8.42 Å². The van der Waals surface area contributed by atoms with E-state index in [-0.39, 0.29) is 12.5 Å². The lowest BCUT2D eigenvalue weighted by Crippen LogP contribution is -2.40. The maximum Gasteiger partial charge on any atom is 0.235 e. The number of nitrogens with one attached hydrogen (secondary N) is 1. The summed E-state index contributed by atoms with van der Waals surface area (Å²) in [5.74, 6) is -0.298.